The highest BCUT2D eigenvalue weighted by Crippen LogP contribution is 2.16. The predicted octanol–water partition coefficient (Wildman–Crippen LogP) is 0.104. The van der Waals surface area contributed by atoms with Crippen LogP contribution in [0.25, 0.3) is 0 Å². The number of rotatable bonds is 3. The second-order valence-corrected chi connectivity index (χ2v) is 4.13. The Morgan fingerprint density at radius 2 is 2.53 bits per heavy atom. The van der Waals surface area contributed by atoms with Crippen molar-refractivity contribution in [1.82, 2.24) is 10.3 Å². The molecule has 2 heterocycles. The molecule has 94 valence electrons. The minimum absolute atomic E-state index is 0.322. The van der Waals surface area contributed by atoms with Gasteiger partial charge in [-0.1, -0.05) is 0 Å². The number of carbonyl (C=O) groups excluding carboxylic acids is 1. The highest BCUT2D eigenvalue weighted by molar-refractivity contribution is 5.94. The quantitative estimate of drug-likeness (QED) is 0.444. The lowest BCUT2D eigenvalue weighted by atomic mass is 10.2. The molecule has 1 saturated heterocycles. The van der Waals surface area contributed by atoms with Gasteiger partial charge in [-0.2, -0.15) is 0 Å². The number of morpholine rings is 1. The van der Waals surface area contributed by atoms with E-state index in [2.05, 4.69) is 17.2 Å². The Morgan fingerprint density at radius 3 is 3.24 bits per heavy atom. The van der Waals surface area contributed by atoms with Crippen molar-refractivity contribution in [3.63, 3.8) is 0 Å². The lowest BCUT2D eigenvalue weighted by Gasteiger charge is -2.32. The Hall–Kier alpha value is -1.37. The summed E-state index contributed by atoms with van der Waals surface area (Å²) in [5.74, 6) is 5.43. The lowest BCUT2D eigenvalue weighted by Crippen LogP contribution is -2.43. The monoisotopic (exact) mass is 239 g/mol. The number of amides is 1. The van der Waals surface area contributed by atoms with Crippen LogP contribution in [0.5, 0.6) is 0 Å². The van der Waals surface area contributed by atoms with Crippen LogP contribution < -0.4 is 11.3 Å². The van der Waals surface area contributed by atoms with Gasteiger partial charge in [-0.15, -0.1) is 0 Å². The van der Waals surface area contributed by atoms with E-state index in [0.717, 1.165) is 6.54 Å². The molecule has 0 saturated carbocycles. The molecule has 6 heteroatoms. The molecule has 17 heavy (non-hydrogen) atoms. The molecule has 6 nitrogen and oxygen atoms in total. The third kappa shape index (κ3) is 2.66. The van der Waals surface area contributed by atoms with E-state index in [1.54, 1.807) is 6.07 Å². The Morgan fingerprint density at radius 1 is 1.71 bits per heavy atom. The third-order valence-electron chi connectivity index (χ3n) is 2.97. The molecule has 1 aliphatic heterocycles. The number of hydrazine groups is 1. The van der Waals surface area contributed by atoms with Crippen LogP contribution in [0.1, 0.15) is 23.0 Å². The zero-order chi connectivity index (χ0) is 12.3. The average Bonchev–Trinajstić information content (AvgIpc) is 2.79. The summed E-state index contributed by atoms with van der Waals surface area (Å²) in [7, 11) is 0. The number of nitrogens with zero attached hydrogens (tertiary/aromatic N) is 1. The highest BCUT2D eigenvalue weighted by atomic mass is 16.5. The molecule has 1 amide bonds. The van der Waals surface area contributed by atoms with Crippen LogP contribution in [0.2, 0.25) is 0 Å². The second kappa shape index (κ2) is 5.31. The first-order chi connectivity index (χ1) is 8.22. The fraction of sp³-hybridized carbons (Fsp3) is 0.545. The third-order valence-corrected chi connectivity index (χ3v) is 2.97. The van der Waals surface area contributed by atoms with Crippen molar-refractivity contribution in [2.24, 2.45) is 5.84 Å². The minimum Gasteiger partial charge on any atom is -0.467 e. The summed E-state index contributed by atoms with van der Waals surface area (Å²) in [5.41, 5.74) is 2.61. The Labute approximate surface area is 99.7 Å². The molecular formula is C11H17N3O3. The van der Waals surface area contributed by atoms with E-state index < -0.39 is 0 Å². The first-order valence-corrected chi connectivity index (χ1v) is 5.61. The Balaban J connectivity index is 2.07. The maximum atomic E-state index is 11.5. The number of hydrogen-bond acceptors (Lipinski definition) is 5. The molecule has 2 rings (SSSR count). The second-order valence-electron chi connectivity index (χ2n) is 4.13. The van der Waals surface area contributed by atoms with Crippen LogP contribution in [0.15, 0.2) is 16.7 Å². The molecule has 1 aliphatic rings. The van der Waals surface area contributed by atoms with E-state index in [-0.39, 0.29) is 5.91 Å². The molecule has 1 unspecified atom stereocenters. The molecule has 3 N–H and O–H groups in total. The van der Waals surface area contributed by atoms with Crippen LogP contribution in [-0.4, -0.2) is 36.6 Å². The number of ether oxygens (including phenoxy) is 1. The minimum atomic E-state index is -0.324. The molecule has 0 bridgehead atoms. The van der Waals surface area contributed by atoms with Gasteiger partial charge in [-0.25, -0.2) is 5.84 Å². The van der Waals surface area contributed by atoms with Gasteiger partial charge in [-0.05, 0) is 13.0 Å². The van der Waals surface area contributed by atoms with E-state index in [0.29, 0.717) is 37.1 Å². The van der Waals surface area contributed by atoms with Crippen LogP contribution in [0.4, 0.5) is 0 Å². The molecule has 0 aliphatic carbocycles. The SMILES string of the molecule is CC1COCCN1Cc1occc1C(=O)NN. The van der Waals surface area contributed by atoms with E-state index in [1.165, 1.54) is 6.26 Å². The summed E-state index contributed by atoms with van der Waals surface area (Å²) < 4.78 is 10.7. The summed E-state index contributed by atoms with van der Waals surface area (Å²) in [5, 5.41) is 0. The summed E-state index contributed by atoms with van der Waals surface area (Å²) in [4.78, 5) is 13.7. The van der Waals surface area contributed by atoms with Crippen molar-refractivity contribution in [3.8, 4) is 0 Å². The number of nitrogens with two attached hydrogens (primary N) is 1. The van der Waals surface area contributed by atoms with E-state index in [1.807, 2.05) is 0 Å². The molecule has 0 spiro atoms. The maximum Gasteiger partial charge on any atom is 0.268 e. The van der Waals surface area contributed by atoms with Gasteiger partial charge in [0.05, 0.1) is 31.6 Å². The van der Waals surface area contributed by atoms with Gasteiger partial charge in [0.15, 0.2) is 0 Å². The summed E-state index contributed by atoms with van der Waals surface area (Å²) in [6.45, 7) is 4.94. The van der Waals surface area contributed by atoms with Gasteiger partial charge < -0.3 is 9.15 Å². The summed E-state index contributed by atoms with van der Waals surface area (Å²) in [6, 6.07) is 1.95. The van der Waals surface area contributed by atoms with Gasteiger partial charge in [0.1, 0.15) is 5.76 Å². The van der Waals surface area contributed by atoms with Crippen molar-refractivity contribution in [2.45, 2.75) is 19.5 Å². The average molecular weight is 239 g/mol. The summed E-state index contributed by atoms with van der Waals surface area (Å²) >= 11 is 0. The zero-order valence-electron chi connectivity index (χ0n) is 9.81. The van der Waals surface area contributed by atoms with Crippen LogP contribution in [0, 0.1) is 0 Å². The van der Waals surface area contributed by atoms with Crippen LogP contribution in [-0.2, 0) is 11.3 Å². The highest BCUT2D eigenvalue weighted by Gasteiger charge is 2.22. The molecule has 1 fully saturated rings. The number of furan rings is 1. The van der Waals surface area contributed by atoms with Gasteiger partial charge in [0.2, 0.25) is 0 Å². The maximum absolute atomic E-state index is 11.5. The normalized spacial score (nSPS) is 21.4. The van der Waals surface area contributed by atoms with Crippen molar-refractivity contribution in [2.75, 3.05) is 19.8 Å². The van der Waals surface area contributed by atoms with Gasteiger partial charge in [-0.3, -0.25) is 15.1 Å². The van der Waals surface area contributed by atoms with Crippen LogP contribution >= 0.6 is 0 Å². The van der Waals surface area contributed by atoms with Crippen molar-refractivity contribution >= 4 is 5.91 Å². The van der Waals surface area contributed by atoms with Gasteiger partial charge in [0.25, 0.3) is 5.91 Å². The standard InChI is InChI=1S/C11H17N3O3/c1-8-7-16-5-3-14(8)6-10-9(2-4-17-10)11(15)13-12/h2,4,8H,3,5-7,12H2,1H3,(H,13,15). The van der Waals surface area contributed by atoms with Gasteiger partial charge in [0, 0.05) is 12.6 Å². The first-order valence-electron chi connectivity index (χ1n) is 5.61. The lowest BCUT2D eigenvalue weighted by molar-refractivity contribution is -0.00720. The molecule has 1 aromatic heterocycles. The molecule has 0 aromatic carbocycles. The van der Waals surface area contributed by atoms with Crippen molar-refractivity contribution < 1.29 is 13.9 Å². The number of hydrogen-bond donors (Lipinski definition) is 2. The largest absolute Gasteiger partial charge is 0.467 e. The van der Waals surface area contributed by atoms with Crippen LogP contribution in [0.3, 0.4) is 0 Å². The smallest absolute Gasteiger partial charge is 0.268 e. The van der Waals surface area contributed by atoms with E-state index >= 15 is 0 Å². The molecule has 1 aromatic rings. The first kappa shape index (κ1) is 12.1. The fourth-order valence-electron chi connectivity index (χ4n) is 1.92. The van der Waals surface area contributed by atoms with E-state index in [4.69, 9.17) is 15.0 Å². The summed E-state index contributed by atoms with van der Waals surface area (Å²) in [6.07, 6.45) is 1.50. The zero-order valence-corrected chi connectivity index (χ0v) is 9.81. The topological polar surface area (TPSA) is 80.7 Å². The predicted molar refractivity (Wildman–Crippen MR) is 61.1 cm³/mol. The van der Waals surface area contributed by atoms with Crippen molar-refractivity contribution in [3.05, 3.63) is 23.7 Å². The molecule has 0 radical (unpaired) electrons. The Kier molecular flexibility index (Phi) is 3.78. The number of nitrogen functional groups attached to an aromatic ring is 1. The van der Waals surface area contributed by atoms with E-state index in [9.17, 15) is 4.79 Å². The fourth-order valence-corrected chi connectivity index (χ4v) is 1.92. The van der Waals surface area contributed by atoms with Crippen molar-refractivity contribution in [1.29, 1.82) is 0 Å². The Bertz CT molecular complexity index is 391. The van der Waals surface area contributed by atoms with Gasteiger partial charge >= 0.3 is 0 Å². The number of nitrogens with one attached hydrogen (secondary N) is 1. The molecule has 1 atom stereocenters. The molecular weight excluding hydrogens is 222 g/mol. The number of carbonyl (C=O) groups is 1.